The molecule has 0 radical (unpaired) electrons. The molecule has 2 heteroatoms. The summed E-state index contributed by atoms with van der Waals surface area (Å²) < 4.78 is 2.63. The highest BCUT2D eigenvalue weighted by Gasteiger charge is 2.27. The van der Waals surface area contributed by atoms with E-state index in [0.29, 0.717) is 0 Å². The summed E-state index contributed by atoms with van der Waals surface area (Å²) in [4.78, 5) is 2.51. The van der Waals surface area contributed by atoms with Crippen LogP contribution < -0.4 is 4.90 Å². The molecular formula is C46H31NS. The van der Waals surface area contributed by atoms with Crippen LogP contribution in [0.2, 0.25) is 0 Å². The third-order valence-corrected chi connectivity index (χ3v) is 10.5. The van der Waals surface area contributed by atoms with Crippen molar-refractivity contribution in [3.8, 4) is 33.4 Å². The summed E-state index contributed by atoms with van der Waals surface area (Å²) in [5, 5.41) is 5.09. The third kappa shape index (κ3) is 4.78. The van der Waals surface area contributed by atoms with Gasteiger partial charge >= 0.3 is 0 Å². The van der Waals surface area contributed by atoms with Gasteiger partial charge in [-0.25, -0.2) is 0 Å². The predicted octanol–water partition coefficient (Wildman–Crippen LogP) is 13.7. The zero-order chi connectivity index (χ0) is 31.9. The summed E-state index contributed by atoms with van der Waals surface area (Å²) in [6, 6.07) is 68.1. The second kappa shape index (κ2) is 12.0. The molecule has 8 aromatic carbocycles. The Balaban J connectivity index is 1.44. The minimum atomic E-state index is 1.11. The van der Waals surface area contributed by atoms with Crippen molar-refractivity contribution in [1.82, 2.24) is 0 Å². The second-order valence-electron chi connectivity index (χ2n) is 12.1. The van der Waals surface area contributed by atoms with E-state index in [4.69, 9.17) is 0 Å². The maximum absolute atomic E-state index is 2.51. The number of hydrogen-bond donors (Lipinski definition) is 0. The monoisotopic (exact) mass is 629 g/mol. The maximum atomic E-state index is 2.51. The van der Waals surface area contributed by atoms with E-state index in [0.717, 1.165) is 11.4 Å². The molecule has 9 aromatic rings. The first-order valence-electron chi connectivity index (χ1n) is 16.4. The Labute approximate surface area is 284 Å². The number of hydrogen-bond acceptors (Lipinski definition) is 2. The summed E-state index contributed by atoms with van der Waals surface area (Å²) in [7, 11) is 0. The Morgan fingerprint density at radius 1 is 0.375 bits per heavy atom. The van der Waals surface area contributed by atoms with E-state index in [1.54, 1.807) is 0 Å². The zero-order valence-corrected chi connectivity index (χ0v) is 27.1. The molecule has 1 nitrogen and oxygen atoms in total. The molecule has 0 amide bonds. The van der Waals surface area contributed by atoms with Gasteiger partial charge in [-0.05, 0) is 46.5 Å². The summed E-state index contributed by atoms with van der Waals surface area (Å²) in [5.41, 5.74) is 10.7. The summed E-state index contributed by atoms with van der Waals surface area (Å²) in [6.45, 7) is 0. The first-order chi connectivity index (χ1) is 23.8. The number of thiophene rings is 1. The largest absolute Gasteiger partial charge is 0.309 e. The Bertz CT molecular complexity index is 2530. The number of benzene rings is 8. The highest BCUT2D eigenvalue weighted by Crippen LogP contribution is 2.54. The number of rotatable bonds is 6. The Morgan fingerprint density at radius 2 is 0.896 bits per heavy atom. The lowest BCUT2D eigenvalue weighted by Gasteiger charge is -2.32. The van der Waals surface area contributed by atoms with E-state index in [9.17, 15) is 0 Å². The van der Waals surface area contributed by atoms with Gasteiger partial charge in [0.1, 0.15) is 0 Å². The van der Waals surface area contributed by atoms with Gasteiger partial charge in [0, 0.05) is 47.8 Å². The van der Waals surface area contributed by atoms with Crippen LogP contribution in [0.15, 0.2) is 188 Å². The Hall–Kier alpha value is -5.96. The fourth-order valence-electron chi connectivity index (χ4n) is 7.09. The van der Waals surface area contributed by atoms with E-state index in [2.05, 4.69) is 193 Å². The van der Waals surface area contributed by atoms with Gasteiger partial charge in [0.15, 0.2) is 0 Å². The molecule has 1 aromatic heterocycles. The van der Waals surface area contributed by atoms with Gasteiger partial charge in [-0.15, -0.1) is 11.3 Å². The molecule has 226 valence electrons. The lowest BCUT2D eigenvalue weighted by atomic mass is 9.91. The smallest absolute Gasteiger partial charge is 0.0625 e. The molecule has 9 rings (SSSR count). The zero-order valence-electron chi connectivity index (χ0n) is 26.3. The summed E-state index contributed by atoms with van der Waals surface area (Å²) in [6.07, 6.45) is 0. The van der Waals surface area contributed by atoms with Crippen LogP contribution in [0.1, 0.15) is 0 Å². The van der Waals surface area contributed by atoms with Gasteiger partial charge in [-0.3, -0.25) is 0 Å². The van der Waals surface area contributed by atoms with Crippen molar-refractivity contribution < 1.29 is 0 Å². The number of fused-ring (bicyclic) bond motifs is 5. The molecule has 0 unspecified atom stereocenters. The van der Waals surface area contributed by atoms with Crippen molar-refractivity contribution in [3.63, 3.8) is 0 Å². The lowest BCUT2D eigenvalue weighted by Crippen LogP contribution is -2.13. The standard InChI is InChI=1S/C46H31NS/c1-4-16-32(17-5-1)33-28-30-36(31-29-33)47(41-26-14-12-22-37(41)34-18-6-2-7-19-34)45-38-23-10-11-24-39(38)46-44(40-25-13-15-27-42(40)48-46)43(45)35-20-8-3-9-21-35/h1-31H. The fraction of sp³-hybridized carbons (Fsp3) is 0. The van der Waals surface area contributed by atoms with Crippen molar-refractivity contribution in [2.45, 2.75) is 0 Å². The molecule has 0 bridgehead atoms. The SMILES string of the molecule is c1ccc(-c2ccc(N(c3ccccc3-c3ccccc3)c3c(-c4ccccc4)c4c5ccccc5sc4c4ccccc34)cc2)cc1. The molecule has 48 heavy (non-hydrogen) atoms. The summed E-state index contributed by atoms with van der Waals surface area (Å²) >= 11 is 1.89. The van der Waals surface area contributed by atoms with Crippen molar-refractivity contribution in [2.24, 2.45) is 0 Å². The van der Waals surface area contributed by atoms with E-state index in [1.165, 1.54) is 70.0 Å². The van der Waals surface area contributed by atoms with Gasteiger partial charge in [0.05, 0.1) is 11.4 Å². The van der Waals surface area contributed by atoms with Crippen LogP contribution in [0.25, 0.3) is 64.3 Å². The number of anilines is 3. The van der Waals surface area contributed by atoms with E-state index >= 15 is 0 Å². The van der Waals surface area contributed by atoms with Crippen LogP contribution in [-0.2, 0) is 0 Å². The number of para-hydroxylation sites is 1. The van der Waals surface area contributed by atoms with Crippen molar-refractivity contribution in [3.05, 3.63) is 188 Å². The van der Waals surface area contributed by atoms with Gasteiger partial charge in [-0.2, -0.15) is 0 Å². The maximum Gasteiger partial charge on any atom is 0.0625 e. The van der Waals surface area contributed by atoms with Crippen LogP contribution in [-0.4, -0.2) is 0 Å². The average Bonchev–Trinajstić information content (AvgIpc) is 3.56. The van der Waals surface area contributed by atoms with E-state index < -0.39 is 0 Å². The van der Waals surface area contributed by atoms with Gasteiger partial charge in [0.25, 0.3) is 0 Å². The molecule has 1 heterocycles. The van der Waals surface area contributed by atoms with Gasteiger partial charge in [0.2, 0.25) is 0 Å². The van der Waals surface area contributed by atoms with Gasteiger partial charge < -0.3 is 4.90 Å². The minimum absolute atomic E-state index is 1.11. The molecule has 0 saturated carbocycles. The Morgan fingerprint density at radius 3 is 1.60 bits per heavy atom. The second-order valence-corrected chi connectivity index (χ2v) is 13.1. The average molecular weight is 630 g/mol. The molecule has 0 fully saturated rings. The first-order valence-corrected chi connectivity index (χ1v) is 17.2. The van der Waals surface area contributed by atoms with E-state index in [1.807, 2.05) is 11.3 Å². The third-order valence-electron chi connectivity index (χ3n) is 9.26. The van der Waals surface area contributed by atoms with Crippen LogP contribution in [0.5, 0.6) is 0 Å². The lowest BCUT2D eigenvalue weighted by molar-refractivity contribution is 1.30. The first kappa shape index (κ1) is 28.3. The normalized spacial score (nSPS) is 11.3. The van der Waals surface area contributed by atoms with E-state index in [-0.39, 0.29) is 0 Å². The molecule has 0 atom stereocenters. The molecular weight excluding hydrogens is 599 g/mol. The molecule has 0 spiro atoms. The van der Waals surface area contributed by atoms with Gasteiger partial charge in [-0.1, -0.05) is 164 Å². The fourth-order valence-corrected chi connectivity index (χ4v) is 8.34. The molecule has 0 saturated heterocycles. The highest BCUT2D eigenvalue weighted by atomic mass is 32.1. The highest BCUT2D eigenvalue weighted by molar-refractivity contribution is 7.26. The minimum Gasteiger partial charge on any atom is -0.309 e. The van der Waals surface area contributed by atoms with Crippen molar-refractivity contribution in [2.75, 3.05) is 4.90 Å². The van der Waals surface area contributed by atoms with Crippen LogP contribution in [0.4, 0.5) is 17.1 Å². The van der Waals surface area contributed by atoms with Crippen LogP contribution in [0, 0.1) is 0 Å². The van der Waals surface area contributed by atoms with Crippen molar-refractivity contribution in [1.29, 1.82) is 0 Å². The van der Waals surface area contributed by atoms with Crippen molar-refractivity contribution >= 4 is 59.3 Å². The predicted molar refractivity (Wildman–Crippen MR) is 208 cm³/mol. The molecule has 0 aliphatic carbocycles. The molecule has 0 aliphatic rings. The summed E-state index contributed by atoms with van der Waals surface area (Å²) in [5.74, 6) is 0. The quantitative estimate of drug-likeness (QED) is 0.177. The Kier molecular flexibility index (Phi) is 7.07. The van der Waals surface area contributed by atoms with Crippen LogP contribution >= 0.6 is 11.3 Å². The molecule has 0 N–H and O–H groups in total. The number of nitrogens with zero attached hydrogens (tertiary/aromatic N) is 1. The topological polar surface area (TPSA) is 3.24 Å². The van der Waals surface area contributed by atoms with Crippen LogP contribution in [0.3, 0.4) is 0 Å². The molecule has 0 aliphatic heterocycles.